The summed E-state index contributed by atoms with van der Waals surface area (Å²) in [5.74, 6) is -1.19. The summed E-state index contributed by atoms with van der Waals surface area (Å²) in [4.78, 5) is 13.5. The largest absolute Gasteiger partial charge is 0.434 e. The van der Waals surface area contributed by atoms with Gasteiger partial charge < -0.3 is 5.73 Å². The zero-order chi connectivity index (χ0) is 10.1. The minimum absolute atomic E-state index is 0.741. The fourth-order valence-corrected chi connectivity index (χ4v) is 0.768. The van der Waals surface area contributed by atoms with Crippen LogP contribution in [0.4, 0.5) is 13.2 Å². The molecule has 1 rings (SSSR count). The smallest absolute Gasteiger partial charge is 0.366 e. The minimum atomic E-state index is -4.68. The number of aromatic nitrogens is 1. The number of alkyl halides is 3. The highest BCUT2D eigenvalue weighted by Crippen LogP contribution is 2.29. The number of carbonyl (C=O) groups excluding carboxylic acids is 1. The summed E-state index contributed by atoms with van der Waals surface area (Å²) in [6.45, 7) is 0. The summed E-state index contributed by atoms with van der Waals surface area (Å²) in [5.41, 5.74) is 2.66. The van der Waals surface area contributed by atoms with Crippen molar-refractivity contribution in [2.45, 2.75) is 6.18 Å². The van der Waals surface area contributed by atoms with Gasteiger partial charge in [0, 0.05) is 6.20 Å². The SMILES string of the molecule is NC(=O)c1[c]ccnc1C(F)(F)F. The highest BCUT2D eigenvalue weighted by atomic mass is 19.4. The van der Waals surface area contributed by atoms with Crippen LogP contribution in [0.3, 0.4) is 0 Å². The fraction of sp³-hybridized carbons (Fsp3) is 0.143. The maximum atomic E-state index is 12.1. The van der Waals surface area contributed by atoms with Gasteiger partial charge in [-0.25, -0.2) is 0 Å². The summed E-state index contributed by atoms with van der Waals surface area (Å²) >= 11 is 0. The van der Waals surface area contributed by atoms with E-state index in [2.05, 4.69) is 11.1 Å². The summed E-state index contributed by atoms with van der Waals surface area (Å²) in [5, 5.41) is 0. The van der Waals surface area contributed by atoms with Crippen molar-refractivity contribution < 1.29 is 18.0 Å². The van der Waals surface area contributed by atoms with Crippen molar-refractivity contribution in [3.05, 3.63) is 29.6 Å². The van der Waals surface area contributed by atoms with Crippen LogP contribution in [-0.2, 0) is 6.18 Å². The third-order valence-electron chi connectivity index (χ3n) is 1.26. The lowest BCUT2D eigenvalue weighted by Gasteiger charge is -2.07. The number of carbonyl (C=O) groups is 1. The van der Waals surface area contributed by atoms with Crippen LogP contribution >= 0.6 is 0 Å². The molecule has 6 heteroatoms. The molecule has 1 aromatic heterocycles. The number of nitrogens with zero attached hydrogens (tertiary/aromatic N) is 1. The molecule has 0 aliphatic carbocycles. The number of pyridine rings is 1. The molecule has 1 aromatic rings. The normalized spacial score (nSPS) is 11.3. The Labute approximate surface area is 71.4 Å². The zero-order valence-electron chi connectivity index (χ0n) is 6.22. The van der Waals surface area contributed by atoms with Gasteiger partial charge in [-0.1, -0.05) is 0 Å². The van der Waals surface area contributed by atoms with E-state index < -0.39 is 23.3 Å². The van der Waals surface area contributed by atoms with Crippen LogP contribution in [0.25, 0.3) is 0 Å². The van der Waals surface area contributed by atoms with Crippen LogP contribution in [0.5, 0.6) is 0 Å². The van der Waals surface area contributed by atoms with Crippen LogP contribution in [0, 0.1) is 6.07 Å². The zero-order valence-corrected chi connectivity index (χ0v) is 6.22. The van der Waals surface area contributed by atoms with Gasteiger partial charge in [-0.3, -0.25) is 9.78 Å². The van der Waals surface area contributed by atoms with Crippen LogP contribution in [0.2, 0.25) is 0 Å². The average Bonchev–Trinajstić information content (AvgIpc) is 2.03. The van der Waals surface area contributed by atoms with E-state index in [1.165, 1.54) is 0 Å². The molecule has 1 amide bonds. The second-order valence-electron chi connectivity index (χ2n) is 2.17. The summed E-state index contributed by atoms with van der Waals surface area (Å²) < 4.78 is 36.4. The molecule has 0 unspecified atom stereocenters. The molecule has 0 aliphatic heterocycles. The van der Waals surface area contributed by atoms with Gasteiger partial charge in [0.25, 0.3) is 5.91 Å². The molecule has 0 bridgehead atoms. The Kier molecular flexibility index (Phi) is 2.22. The summed E-state index contributed by atoms with van der Waals surface area (Å²) in [6.07, 6.45) is -3.78. The number of halogens is 3. The number of nitrogens with two attached hydrogens (primary N) is 1. The molecule has 0 aliphatic rings. The lowest BCUT2D eigenvalue weighted by molar-refractivity contribution is -0.141. The Morgan fingerprint density at radius 2 is 2.15 bits per heavy atom. The van der Waals surface area contributed by atoms with E-state index >= 15 is 0 Å². The van der Waals surface area contributed by atoms with Gasteiger partial charge in [-0.15, -0.1) is 0 Å². The maximum Gasteiger partial charge on any atom is 0.434 e. The van der Waals surface area contributed by atoms with Crippen LogP contribution in [0.15, 0.2) is 12.3 Å². The lowest BCUT2D eigenvalue weighted by Crippen LogP contribution is -2.20. The van der Waals surface area contributed by atoms with Gasteiger partial charge in [0.2, 0.25) is 0 Å². The van der Waals surface area contributed by atoms with Gasteiger partial charge in [-0.2, -0.15) is 13.2 Å². The Hall–Kier alpha value is -1.59. The molecule has 0 aromatic carbocycles. The minimum Gasteiger partial charge on any atom is -0.366 e. The molecule has 0 saturated carbocycles. The van der Waals surface area contributed by atoms with Crippen molar-refractivity contribution in [2.24, 2.45) is 5.73 Å². The van der Waals surface area contributed by atoms with Crippen molar-refractivity contribution in [3.63, 3.8) is 0 Å². The van der Waals surface area contributed by atoms with Crippen LogP contribution in [0.1, 0.15) is 16.1 Å². The third-order valence-corrected chi connectivity index (χ3v) is 1.26. The van der Waals surface area contributed by atoms with Gasteiger partial charge >= 0.3 is 6.18 Å². The number of amides is 1. The molecule has 13 heavy (non-hydrogen) atoms. The first kappa shape index (κ1) is 9.50. The van der Waals surface area contributed by atoms with Crippen molar-refractivity contribution in [3.8, 4) is 0 Å². The second kappa shape index (κ2) is 3.04. The lowest BCUT2D eigenvalue weighted by atomic mass is 10.2. The van der Waals surface area contributed by atoms with E-state index in [0.717, 1.165) is 12.3 Å². The number of hydrogen-bond acceptors (Lipinski definition) is 2. The van der Waals surface area contributed by atoms with Crippen molar-refractivity contribution >= 4 is 5.91 Å². The summed E-state index contributed by atoms with van der Waals surface area (Å²) in [7, 11) is 0. The van der Waals surface area contributed by atoms with Crippen molar-refractivity contribution in [1.29, 1.82) is 0 Å². The number of hydrogen-bond donors (Lipinski definition) is 1. The van der Waals surface area contributed by atoms with E-state index in [1.54, 1.807) is 0 Å². The second-order valence-corrected chi connectivity index (χ2v) is 2.17. The molecule has 0 saturated heterocycles. The standard InChI is InChI=1S/C7H4F3N2O/c8-7(9,10)5-4(6(11)13)2-1-3-12-5/h1,3H,(H2,11,13). The van der Waals surface area contributed by atoms with E-state index in [4.69, 9.17) is 5.73 Å². The molecular formula is C7H4F3N2O. The topological polar surface area (TPSA) is 56.0 Å². The molecule has 0 spiro atoms. The van der Waals surface area contributed by atoms with Gasteiger partial charge in [0.15, 0.2) is 5.69 Å². The van der Waals surface area contributed by atoms with Crippen molar-refractivity contribution in [1.82, 2.24) is 4.98 Å². The van der Waals surface area contributed by atoms with E-state index in [1.807, 2.05) is 0 Å². The predicted octanol–water partition coefficient (Wildman–Crippen LogP) is 0.999. The van der Waals surface area contributed by atoms with E-state index in [-0.39, 0.29) is 0 Å². The molecule has 2 N–H and O–H groups in total. The summed E-state index contributed by atoms with van der Waals surface area (Å²) in [6, 6.07) is 3.18. The monoisotopic (exact) mass is 189 g/mol. The molecule has 0 atom stereocenters. The van der Waals surface area contributed by atoms with Crippen LogP contribution < -0.4 is 5.73 Å². The Bertz CT molecular complexity index is 335. The van der Waals surface area contributed by atoms with Crippen LogP contribution in [-0.4, -0.2) is 10.9 Å². The molecule has 0 fully saturated rings. The highest BCUT2D eigenvalue weighted by molar-refractivity contribution is 5.93. The van der Waals surface area contributed by atoms with E-state index in [9.17, 15) is 18.0 Å². The fourth-order valence-electron chi connectivity index (χ4n) is 0.768. The number of rotatable bonds is 1. The Morgan fingerprint density at radius 3 is 2.54 bits per heavy atom. The van der Waals surface area contributed by atoms with Gasteiger partial charge in [0.05, 0.1) is 5.56 Å². The van der Waals surface area contributed by atoms with Gasteiger partial charge in [-0.05, 0) is 12.1 Å². The molecule has 1 heterocycles. The maximum absolute atomic E-state index is 12.1. The van der Waals surface area contributed by atoms with Gasteiger partial charge in [0.1, 0.15) is 0 Å². The first-order valence-electron chi connectivity index (χ1n) is 3.16. The van der Waals surface area contributed by atoms with Crippen molar-refractivity contribution in [2.75, 3.05) is 0 Å². The predicted molar refractivity (Wildman–Crippen MR) is 36.6 cm³/mol. The molecular weight excluding hydrogens is 185 g/mol. The Morgan fingerprint density at radius 1 is 1.54 bits per heavy atom. The Balaban J connectivity index is 3.28. The molecule has 69 valence electrons. The first-order valence-corrected chi connectivity index (χ1v) is 3.16. The highest BCUT2D eigenvalue weighted by Gasteiger charge is 2.36. The number of primary amides is 1. The average molecular weight is 189 g/mol. The molecule has 3 nitrogen and oxygen atoms in total. The van der Waals surface area contributed by atoms with E-state index in [0.29, 0.717) is 0 Å². The quantitative estimate of drug-likeness (QED) is 0.716. The third kappa shape index (κ3) is 1.95. The first-order chi connectivity index (χ1) is 5.93. The molecule has 1 radical (unpaired) electrons.